The van der Waals surface area contributed by atoms with E-state index in [4.69, 9.17) is 0 Å². The van der Waals surface area contributed by atoms with Crippen molar-refractivity contribution in [3.63, 3.8) is 0 Å². The highest BCUT2D eigenvalue weighted by Crippen LogP contribution is 2.32. The number of benzene rings is 1. The van der Waals surface area contributed by atoms with Crippen molar-refractivity contribution >= 4 is 21.6 Å². The van der Waals surface area contributed by atoms with Crippen LogP contribution in [0.5, 0.6) is 0 Å². The van der Waals surface area contributed by atoms with E-state index in [1.807, 2.05) is 0 Å². The standard InChI is InChI=1S/C16H22BrF2N/c1-2-4-11-5-3-6-13(8-7-11)20-16-14(17)9-12(18)10-15(16)19/h9-11,13,20H,2-8H2,1H3. The van der Waals surface area contributed by atoms with Crippen molar-refractivity contribution in [3.05, 3.63) is 28.2 Å². The van der Waals surface area contributed by atoms with Gasteiger partial charge in [-0.2, -0.15) is 0 Å². The van der Waals surface area contributed by atoms with Crippen molar-refractivity contribution in [2.45, 2.75) is 57.9 Å². The highest BCUT2D eigenvalue weighted by Gasteiger charge is 2.20. The van der Waals surface area contributed by atoms with Crippen LogP contribution < -0.4 is 5.32 Å². The molecule has 0 radical (unpaired) electrons. The van der Waals surface area contributed by atoms with E-state index in [0.29, 0.717) is 10.2 Å². The van der Waals surface area contributed by atoms with Gasteiger partial charge < -0.3 is 5.32 Å². The molecule has 20 heavy (non-hydrogen) atoms. The Bertz CT molecular complexity index is 427. The van der Waals surface area contributed by atoms with Crippen molar-refractivity contribution in [1.29, 1.82) is 0 Å². The fourth-order valence-corrected chi connectivity index (χ4v) is 3.63. The molecule has 4 heteroatoms. The van der Waals surface area contributed by atoms with E-state index < -0.39 is 11.6 Å². The molecule has 1 aliphatic rings. The second kappa shape index (κ2) is 7.39. The predicted octanol–water partition coefficient (Wildman–Crippen LogP) is 5.89. The summed E-state index contributed by atoms with van der Waals surface area (Å²) in [5.74, 6) is -0.261. The van der Waals surface area contributed by atoms with Gasteiger partial charge in [-0.1, -0.05) is 32.6 Å². The van der Waals surface area contributed by atoms with E-state index >= 15 is 0 Å². The van der Waals surface area contributed by atoms with Crippen LogP contribution in [0.1, 0.15) is 51.9 Å². The molecule has 2 atom stereocenters. The first kappa shape index (κ1) is 15.7. The zero-order valence-electron chi connectivity index (χ0n) is 11.9. The molecular formula is C16H22BrF2N. The molecule has 0 amide bonds. The highest BCUT2D eigenvalue weighted by molar-refractivity contribution is 9.10. The minimum Gasteiger partial charge on any atom is -0.379 e. The summed E-state index contributed by atoms with van der Waals surface area (Å²) in [5.41, 5.74) is 0.394. The van der Waals surface area contributed by atoms with Crippen molar-refractivity contribution in [1.82, 2.24) is 0 Å². The third-order valence-corrected chi connectivity index (χ3v) is 4.77. The minimum absolute atomic E-state index is 0.285. The van der Waals surface area contributed by atoms with Crippen LogP contribution in [0.25, 0.3) is 0 Å². The summed E-state index contributed by atoms with van der Waals surface area (Å²) >= 11 is 3.24. The Morgan fingerprint density at radius 2 is 2.00 bits per heavy atom. The van der Waals surface area contributed by atoms with E-state index in [9.17, 15) is 8.78 Å². The van der Waals surface area contributed by atoms with Crippen molar-refractivity contribution in [2.75, 3.05) is 5.32 Å². The van der Waals surface area contributed by atoms with Crippen molar-refractivity contribution in [3.8, 4) is 0 Å². The monoisotopic (exact) mass is 345 g/mol. The van der Waals surface area contributed by atoms with Crippen LogP contribution in [0, 0.1) is 17.6 Å². The van der Waals surface area contributed by atoms with Gasteiger partial charge in [0, 0.05) is 16.6 Å². The first-order chi connectivity index (χ1) is 9.60. The summed E-state index contributed by atoms with van der Waals surface area (Å²) in [6, 6.07) is 2.53. The summed E-state index contributed by atoms with van der Waals surface area (Å²) < 4.78 is 27.4. The van der Waals surface area contributed by atoms with Crippen LogP contribution in [0.2, 0.25) is 0 Å². The number of hydrogen-bond acceptors (Lipinski definition) is 1. The summed E-state index contributed by atoms with van der Waals surface area (Å²) in [7, 11) is 0. The summed E-state index contributed by atoms with van der Waals surface area (Å²) in [6.07, 6.45) is 8.31. The average Bonchev–Trinajstić information content (AvgIpc) is 2.60. The molecule has 1 saturated carbocycles. The Kier molecular flexibility index (Phi) is 5.82. The Hall–Kier alpha value is -0.640. The highest BCUT2D eigenvalue weighted by atomic mass is 79.9. The maximum atomic E-state index is 13.8. The largest absolute Gasteiger partial charge is 0.379 e. The lowest BCUT2D eigenvalue weighted by atomic mass is 9.95. The molecule has 1 aromatic carbocycles. The van der Waals surface area contributed by atoms with Crippen LogP contribution in [0.3, 0.4) is 0 Å². The molecule has 0 saturated heterocycles. The lowest BCUT2D eigenvalue weighted by Gasteiger charge is -2.19. The lowest BCUT2D eigenvalue weighted by Crippen LogP contribution is -2.19. The Labute approximate surface area is 128 Å². The van der Waals surface area contributed by atoms with Crippen molar-refractivity contribution in [2.24, 2.45) is 5.92 Å². The van der Waals surface area contributed by atoms with E-state index in [2.05, 4.69) is 28.2 Å². The molecule has 1 fully saturated rings. The number of halogens is 3. The summed E-state index contributed by atoms with van der Waals surface area (Å²) in [5, 5.41) is 3.26. The fraction of sp³-hybridized carbons (Fsp3) is 0.625. The number of anilines is 1. The quantitative estimate of drug-likeness (QED) is 0.671. The second-order valence-electron chi connectivity index (χ2n) is 5.75. The third-order valence-electron chi connectivity index (χ3n) is 4.14. The molecule has 0 spiro atoms. The molecule has 1 N–H and O–H groups in total. The second-order valence-corrected chi connectivity index (χ2v) is 6.60. The topological polar surface area (TPSA) is 12.0 Å². The van der Waals surface area contributed by atoms with Gasteiger partial charge in [0.15, 0.2) is 0 Å². The first-order valence-corrected chi connectivity index (χ1v) is 8.30. The van der Waals surface area contributed by atoms with Gasteiger partial charge in [0.1, 0.15) is 11.6 Å². The SMILES string of the molecule is CCCC1CCCC(Nc2c(F)cc(F)cc2Br)CC1. The summed E-state index contributed by atoms with van der Waals surface area (Å²) in [6.45, 7) is 2.23. The van der Waals surface area contributed by atoms with Gasteiger partial charge in [0.05, 0.1) is 5.69 Å². The third kappa shape index (κ3) is 4.18. The predicted molar refractivity (Wildman–Crippen MR) is 83.0 cm³/mol. The molecule has 2 unspecified atom stereocenters. The van der Waals surface area contributed by atoms with Crippen LogP contribution in [0.15, 0.2) is 16.6 Å². The van der Waals surface area contributed by atoms with E-state index in [-0.39, 0.29) is 6.04 Å². The van der Waals surface area contributed by atoms with E-state index in [1.54, 1.807) is 0 Å². The maximum Gasteiger partial charge on any atom is 0.150 e. The van der Waals surface area contributed by atoms with Gasteiger partial charge in [0.2, 0.25) is 0 Å². The molecular weight excluding hydrogens is 324 g/mol. The van der Waals surface area contributed by atoms with Gasteiger partial charge in [-0.05, 0) is 47.2 Å². The molecule has 0 heterocycles. The molecule has 0 aromatic heterocycles. The number of rotatable bonds is 4. The van der Waals surface area contributed by atoms with Crippen molar-refractivity contribution < 1.29 is 8.78 Å². The van der Waals surface area contributed by atoms with Gasteiger partial charge in [-0.15, -0.1) is 0 Å². The molecule has 1 aliphatic carbocycles. The molecule has 0 aliphatic heterocycles. The maximum absolute atomic E-state index is 13.8. The van der Waals surface area contributed by atoms with Crippen LogP contribution in [-0.4, -0.2) is 6.04 Å². The van der Waals surface area contributed by atoms with Gasteiger partial charge >= 0.3 is 0 Å². The van der Waals surface area contributed by atoms with Crippen LogP contribution in [-0.2, 0) is 0 Å². The average molecular weight is 346 g/mol. The van der Waals surface area contributed by atoms with Gasteiger partial charge in [-0.25, -0.2) is 8.78 Å². The van der Waals surface area contributed by atoms with E-state index in [0.717, 1.165) is 24.8 Å². The number of hydrogen-bond donors (Lipinski definition) is 1. The van der Waals surface area contributed by atoms with E-state index in [1.165, 1.54) is 38.2 Å². The minimum atomic E-state index is -0.552. The Morgan fingerprint density at radius 1 is 1.20 bits per heavy atom. The molecule has 1 aromatic rings. The Morgan fingerprint density at radius 3 is 2.70 bits per heavy atom. The van der Waals surface area contributed by atoms with Gasteiger partial charge in [-0.3, -0.25) is 0 Å². The molecule has 0 bridgehead atoms. The molecule has 2 rings (SSSR count). The fourth-order valence-electron chi connectivity index (χ4n) is 3.10. The molecule has 112 valence electrons. The zero-order valence-corrected chi connectivity index (χ0v) is 13.5. The normalized spacial score (nSPS) is 23.4. The number of nitrogens with one attached hydrogen (secondary N) is 1. The Balaban J connectivity index is 2.00. The molecule has 1 nitrogen and oxygen atoms in total. The first-order valence-electron chi connectivity index (χ1n) is 7.51. The smallest absolute Gasteiger partial charge is 0.150 e. The lowest BCUT2D eigenvalue weighted by molar-refractivity contribution is 0.422. The van der Waals surface area contributed by atoms with Crippen LogP contribution >= 0.6 is 15.9 Å². The zero-order chi connectivity index (χ0) is 14.5. The summed E-state index contributed by atoms with van der Waals surface area (Å²) in [4.78, 5) is 0. The van der Waals surface area contributed by atoms with Gasteiger partial charge in [0.25, 0.3) is 0 Å². The van der Waals surface area contributed by atoms with Crippen LogP contribution in [0.4, 0.5) is 14.5 Å².